The highest BCUT2D eigenvalue weighted by Crippen LogP contribution is 2.47. The molecule has 0 bridgehead atoms. The largest absolute Gasteiger partial charge is 0.507 e. The number of ether oxygens (including phenoxy) is 4. The first-order chi connectivity index (χ1) is 16.5. The van der Waals surface area contributed by atoms with E-state index in [9.17, 15) is 14.7 Å². The van der Waals surface area contributed by atoms with Gasteiger partial charge in [-0.15, -0.1) is 0 Å². The van der Waals surface area contributed by atoms with E-state index in [0.717, 1.165) is 0 Å². The van der Waals surface area contributed by atoms with Crippen LogP contribution in [0.25, 0.3) is 10.8 Å². The van der Waals surface area contributed by atoms with Gasteiger partial charge in [-0.2, -0.15) is 0 Å². The normalized spacial score (nSPS) is 24.2. The molecule has 4 atom stereocenters. The van der Waals surface area contributed by atoms with Gasteiger partial charge in [-0.25, -0.2) is 0 Å². The summed E-state index contributed by atoms with van der Waals surface area (Å²) in [5.41, 5.74) is 1.34. The fourth-order valence-corrected chi connectivity index (χ4v) is 5.33. The Bertz CT molecular complexity index is 1280. The van der Waals surface area contributed by atoms with Gasteiger partial charge in [0.05, 0.1) is 24.4 Å². The second-order valence-corrected chi connectivity index (χ2v) is 8.59. The molecule has 5 rings (SSSR count). The molecular formula is C27H26O7. The van der Waals surface area contributed by atoms with E-state index in [1.165, 1.54) is 0 Å². The highest BCUT2D eigenvalue weighted by Gasteiger charge is 2.43. The summed E-state index contributed by atoms with van der Waals surface area (Å²) in [7, 11) is 4.78. The fourth-order valence-electron chi connectivity index (χ4n) is 5.33. The van der Waals surface area contributed by atoms with Gasteiger partial charge in [0.15, 0.2) is 11.6 Å². The summed E-state index contributed by atoms with van der Waals surface area (Å²) >= 11 is 0. The minimum atomic E-state index is -0.605. The number of phenols is 1. The van der Waals surface area contributed by atoms with Crippen molar-refractivity contribution >= 4 is 22.3 Å². The second kappa shape index (κ2) is 8.92. The first-order valence-electron chi connectivity index (χ1n) is 11.2. The second-order valence-electron chi connectivity index (χ2n) is 8.59. The summed E-state index contributed by atoms with van der Waals surface area (Å²) in [6.07, 6.45) is -1.35. The molecule has 4 unspecified atom stereocenters. The minimum absolute atomic E-state index is 0.0205. The van der Waals surface area contributed by atoms with Crippen LogP contribution in [-0.4, -0.2) is 62.9 Å². The van der Waals surface area contributed by atoms with Crippen LogP contribution in [-0.2, 0) is 18.9 Å². The van der Waals surface area contributed by atoms with E-state index < -0.39 is 12.2 Å². The molecule has 7 heteroatoms. The van der Waals surface area contributed by atoms with E-state index in [-0.39, 0.29) is 52.8 Å². The van der Waals surface area contributed by atoms with Gasteiger partial charge in [0, 0.05) is 50.0 Å². The number of carbonyl (C=O) groups excluding carboxylic acids is 2. The highest BCUT2D eigenvalue weighted by molar-refractivity contribution is 6.33. The molecule has 3 aromatic carbocycles. The molecule has 7 nitrogen and oxygen atoms in total. The van der Waals surface area contributed by atoms with Crippen LogP contribution in [0, 0.1) is 0 Å². The van der Waals surface area contributed by atoms with Crippen LogP contribution in [0.3, 0.4) is 0 Å². The number of phenolic OH excluding ortho intramolecular Hbond substituents is 1. The molecule has 2 aliphatic rings. The molecule has 34 heavy (non-hydrogen) atoms. The van der Waals surface area contributed by atoms with Crippen molar-refractivity contribution in [2.45, 2.75) is 30.8 Å². The van der Waals surface area contributed by atoms with Gasteiger partial charge in [0.25, 0.3) is 0 Å². The van der Waals surface area contributed by atoms with Gasteiger partial charge in [-0.1, -0.05) is 48.5 Å². The molecule has 1 fully saturated rings. The molecule has 0 saturated carbocycles. The average Bonchev–Trinajstić information content (AvgIpc) is 2.86. The lowest BCUT2D eigenvalue weighted by atomic mass is 9.78. The summed E-state index contributed by atoms with van der Waals surface area (Å²) in [6, 6.07) is 14.0. The van der Waals surface area contributed by atoms with E-state index in [2.05, 4.69) is 0 Å². The predicted octanol–water partition coefficient (Wildman–Crippen LogP) is 3.83. The molecular weight excluding hydrogens is 436 g/mol. The van der Waals surface area contributed by atoms with E-state index in [0.29, 0.717) is 28.3 Å². The van der Waals surface area contributed by atoms with Crippen molar-refractivity contribution in [1.29, 1.82) is 0 Å². The maximum atomic E-state index is 13.5. The van der Waals surface area contributed by atoms with E-state index in [1.54, 1.807) is 51.7 Å². The van der Waals surface area contributed by atoms with Crippen LogP contribution in [0.1, 0.15) is 49.9 Å². The zero-order valence-corrected chi connectivity index (χ0v) is 19.2. The zero-order chi connectivity index (χ0) is 24.0. The number of carbonyl (C=O) groups is 2. The van der Waals surface area contributed by atoms with E-state index in [4.69, 9.17) is 18.9 Å². The number of rotatable bonds is 5. The lowest BCUT2D eigenvalue weighted by Crippen LogP contribution is -2.49. The predicted molar refractivity (Wildman–Crippen MR) is 125 cm³/mol. The number of hydrogen-bond acceptors (Lipinski definition) is 7. The molecule has 1 heterocycles. The van der Waals surface area contributed by atoms with Gasteiger partial charge in [0.2, 0.25) is 0 Å². The van der Waals surface area contributed by atoms with Crippen LogP contribution in [0.2, 0.25) is 0 Å². The molecule has 1 saturated heterocycles. The summed E-state index contributed by atoms with van der Waals surface area (Å²) in [5, 5.41) is 12.8. The zero-order valence-electron chi connectivity index (χ0n) is 19.2. The third kappa shape index (κ3) is 3.35. The third-order valence-corrected chi connectivity index (χ3v) is 6.85. The van der Waals surface area contributed by atoms with Gasteiger partial charge in [0.1, 0.15) is 18.0 Å². The Labute approximate surface area is 197 Å². The topological polar surface area (TPSA) is 91.3 Å². The van der Waals surface area contributed by atoms with Crippen LogP contribution < -0.4 is 0 Å². The Kier molecular flexibility index (Phi) is 5.95. The molecule has 0 aromatic heterocycles. The van der Waals surface area contributed by atoms with Crippen molar-refractivity contribution in [3.8, 4) is 5.75 Å². The van der Waals surface area contributed by atoms with Gasteiger partial charge < -0.3 is 24.1 Å². The lowest BCUT2D eigenvalue weighted by molar-refractivity contribution is -0.200. The van der Waals surface area contributed by atoms with E-state index in [1.807, 2.05) is 18.2 Å². The molecule has 1 N–H and O–H groups in total. The first-order valence-corrected chi connectivity index (χ1v) is 11.2. The third-order valence-electron chi connectivity index (χ3n) is 6.85. The maximum absolute atomic E-state index is 13.5. The van der Waals surface area contributed by atoms with Crippen molar-refractivity contribution in [3.63, 3.8) is 0 Å². The Morgan fingerprint density at radius 3 is 2.12 bits per heavy atom. The van der Waals surface area contributed by atoms with Crippen LogP contribution in [0.5, 0.6) is 5.75 Å². The monoisotopic (exact) mass is 462 g/mol. The number of aromatic hydroxyl groups is 1. The SMILES string of the molecule is COCC1OC(c2c(O)c3c(c4ccccc24)C(=O)c2ccccc2C3=O)CC(OC)C1OC. The quantitative estimate of drug-likeness (QED) is 0.482. The van der Waals surface area contributed by atoms with Crippen LogP contribution in [0.15, 0.2) is 48.5 Å². The molecule has 0 radical (unpaired) electrons. The minimum Gasteiger partial charge on any atom is -0.507 e. The Balaban J connectivity index is 1.73. The molecule has 0 amide bonds. The summed E-state index contributed by atoms with van der Waals surface area (Å²) < 4.78 is 23.1. The van der Waals surface area contributed by atoms with Gasteiger partial charge in [-0.05, 0) is 10.8 Å². The summed E-state index contributed by atoms with van der Waals surface area (Å²) in [4.78, 5) is 27.0. The summed E-state index contributed by atoms with van der Waals surface area (Å²) in [5.74, 6) is -0.884. The molecule has 1 aliphatic carbocycles. The van der Waals surface area contributed by atoms with Crippen molar-refractivity contribution < 1.29 is 33.6 Å². The van der Waals surface area contributed by atoms with Crippen molar-refractivity contribution in [1.82, 2.24) is 0 Å². The highest BCUT2D eigenvalue weighted by atomic mass is 16.6. The standard InChI is InChI=1S/C27H26O7/c1-31-13-20-27(33-3)19(32-2)12-18(34-20)21-14-8-4-5-9-15(14)22-23(26(21)30)25(29)17-11-7-6-10-16(17)24(22)28/h4-11,18-20,27,30H,12-13H2,1-3H3. The van der Waals surface area contributed by atoms with Crippen molar-refractivity contribution in [2.24, 2.45) is 0 Å². The number of fused-ring (bicyclic) bond motifs is 4. The van der Waals surface area contributed by atoms with Gasteiger partial charge >= 0.3 is 0 Å². The molecule has 1 aliphatic heterocycles. The molecule has 3 aromatic rings. The molecule has 176 valence electrons. The average molecular weight is 462 g/mol. The smallest absolute Gasteiger partial charge is 0.198 e. The molecule has 0 spiro atoms. The Morgan fingerprint density at radius 2 is 1.50 bits per heavy atom. The fraction of sp³-hybridized carbons (Fsp3) is 0.333. The number of hydrogen-bond donors (Lipinski definition) is 1. The van der Waals surface area contributed by atoms with Crippen LogP contribution in [0.4, 0.5) is 0 Å². The Morgan fingerprint density at radius 1 is 0.882 bits per heavy atom. The van der Waals surface area contributed by atoms with Crippen LogP contribution >= 0.6 is 0 Å². The Hall–Kier alpha value is -3.10. The number of ketones is 2. The number of methoxy groups -OCH3 is 3. The lowest BCUT2D eigenvalue weighted by Gasteiger charge is -2.41. The number of benzene rings is 3. The first kappa shape index (κ1) is 22.7. The van der Waals surface area contributed by atoms with Crippen molar-refractivity contribution in [3.05, 3.63) is 76.3 Å². The summed E-state index contributed by atoms with van der Waals surface area (Å²) in [6.45, 7) is 0.267. The van der Waals surface area contributed by atoms with Gasteiger partial charge in [-0.3, -0.25) is 9.59 Å². The van der Waals surface area contributed by atoms with E-state index >= 15 is 0 Å². The van der Waals surface area contributed by atoms with Crippen molar-refractivity contribution in [2.75, 3.05) is 27.9 Å². The maximum Gasteiger partial charge on any atom is 0.198 e.